The molecule has 0 spiro atoms. The molecule has 2 heterocycles. The van der Waals surface area contributed by atoms with E-state index in [4.69, 9.17) is 4.52 Å². The number of hydrogen-bond donors (Lipinski definition) is 1. The minimum absolute atomic E-state index is 0.0862. The van der Waals surface area contributed by atoms with Crippen molar-refractivity contribution in [2.75, 3.05) is 11.4 Å². The highest BCUT2D eigenvalue weighted by atomic mass is 19.1. The second-order valence-corrected chi connectivity index (χ2v) is 6.79. The lowest BCUT2D eigenvalue weighted by Gasteiger charge is -2.16. The molecule has 29 heavy (non-hydrogen) atoms. The minimum atomic E-state index is -0.504. The molecule has 1 aliphatic heterocycles. The van der Waals surface area contributed by atoms with Crippen molar-refractivity contribution in [1.82, 2.24) is 10.5 Å². The van der Waals surface area contributed by atoms with Crippen LogP contribution in [0, 0.1) is 17.6 Å². The summed E-state index contributed by atoms with van der Waals surface area (Å²) in [5.41, 5.74) is 1.75. The molecule has 0 radical (unpaired) electrons. The van der Waals surface area contributed by atoms with Crippen LogP contribution in [0.25, 0.3) is 11.3 Å². The molecule has 2 aromatic carbocycles. The summed E-state index contributed by atoms with van der Waals surface area (Å²) in [7, 11) is 0. The number of amides is 2. The molecule has 4 rings (SSSR count). The van der Waals surface area contributed by atoms with Crippen molar-refractivity contribution in [3.05, 3.63) is 71.9 Å². The summed E-state index contributed by atoms with van der Waals surface area (Å²) in [6.45, 7) is 0.376. The van der Waals surface area contributed by atoms with Gasteiger partial charge in [0.15, 0.2) is 5.76 Å². The quantitative estimate of drug-likeness (QED) is 0.717. The Labute approximate surface area is 165 Å². The van der Waals surface area contributed by atoms with Crippen molar-refractivity contribution >= 4 is 17.5 Å². The number of anilines is 1. The fraction of sp³-hybridized carbons (Fsp3) is 0.190. The Morgan fingerprint density at radius 2 is 1.76 bits per heavy atom. The van der Waals surface area contributed by atoms with Gasteiger partial charge in [-0.1, -0.05) is 5.16 Å². The SMILES string of the molecule is O=C(NCc1cc(-c2ccc(F)cc2)on1)[C@H]1CC(=O)N(c2ccc(F)cc2)C1. The van der Waals surface area contributed by atoms with Crippen LogP contribution in [-0.4, -0.2) is 23.5 Å². The van der Waals surface area contributed by atoms with Gasteiger partial charge in [0, 0.05) is 30.3 Å². The van der Waals surface area contributed by atoms with E-state index in [9.17, 15) is 18.4 Å². The second kappa shape index (κ2) is 7.83. The summed E-state index contributed by atoms with van der Waals surface area (Å²) < 4.78 is 31.3. The predicted molar refractivity (Wildman–Crippen MR) is 101 cm³/mol. The fourth-order valence-electron chi connectivity index (χ4n) is 3.22. The molecular formula is C21H17F2N3O3. The molecule has 1 saturated heterocycles. The van der Waals surface area contributed by atoms with Crippen LogP contribution in [0.4, 0.5) is 14.5 Å². The number of carbonyl (C=O) groups is 2. The first kappa shape index (κ1) is 18.8. The van der Waals surface area contributed by atoms with E-state index in [1.165, 1.54) is 41.3 Å². The Morgan fingerprint density at radius 3 is 2.45 bits per heavy atom. The number of carbonyl (C=O) groups excluding carboxylic acids is 2. The number of hydrogen-bond acceptors (Lipinski definition) is 4. The van der Waals surface area contributed by atoms with E-state index in [0.29, 0.717) is 22.7 Å². The molecule has 1 aliphatic rings. The minimum Gasteiger partial charge on any atom is -0.356 e. The zero-order valence-electron chi connectivity index (χ0n) is 15.3. The van der Waals surface area contributed by atoms with E-state index >= 15 is 0 Å². The first-order chi connectivity index (χ1) is 14.0. The van der Waals surface area contributed by atoms with Gasteiger partial charge in [0.1, 0.15) is 17.3 Å². The lowest BCUT2D eigenvalue weighted by molar-refractivity contribution is -0.126. The molecule has 1 atom stereocenters. The first-order valence-corrected chi connectivity index (χ1v) is 9.05. The molecule has 1 aromatic heterocycles. The number of nitrogens with one attached hydrogen (secondary N) is 1. The second-order valence-electron chi connectivity index (χ2n) is 6.79. The van der Waals surface area contributed by atoms with Gasteiger partial charge >= 0.3 is 0 Å². The van der Waals surface area contributed by atoms with E-state index in [2.05, 4.69) is 10.5 Å². The number of benzene rings is 2. The Kier molecular flexibility index (Phi) is 5.07. The predicted octanol–water partition coefficient (Wildman–Crippen LogP) is 3.29. The van der Waals surface area contributed by atoms with Crippen molar-refractivity contribution in [1.29, 1.82) is 0 Å². The molecule has 2 amide bonds. The van der Waals surface area contributed by atoms with Crippen LogP contribution in [0.3, 0.4) is 0 Å². The average Bonchev–Trinajstić information content (AvgIpc) is 3.34. The summed E-state index contributed by atoms with van der Waals surface area (Å²) in [6, 6.07) is 13.0. The molecule has 6 nitrogen and oxygen atoms in total. The molecule has 1 N–H and O–H groups in total. The third-order valence-corrected chi connectivity index (χ3v) is 4.77. The normalized spacial score (nSPS) is 16.3. The summed E-state index contributed by atoms with van der Waals surface area (Å²) in [5.74, 6) is -1.22. The van der Waals surface area contributed by atoms with E-state index < -0.39 is 5.92 Å². The molecule has 1 fully saturated rings. The van der Waals surface area contributed by atoms with Crippen LogP contribution in [0.2, 0.25) is 0 Å². The summed E-state index contributed by atoms with van der Waals surface area (Å²) in [4.78, 5) is 26.2. The van der Waals surface area contributed by atoms with Crippen LogP contribution < -0.4 is 10.2 Å². The Balaban J connectivity index is 1.35. The number of nitrogens with zero attached hydrogens (tertiary/aromatic N) is 2. The fourth-order valence-corrected chi connectivity index (χ4v) is 3.22. The Morgan fingerprint density at radius 1 is 1.10 bits per heavy atom. The lowest BCUT2D eigenvalue weighted by Crippen LogP contribution is -2.32. The van der Waals surface area contributed by atoms with Crippen LogP contribution >= 0.6 is 0 Å². The van der Waals surface area contributed by atoms with Crippen LogP contribution in [0.5, 0.6) is 0 Å². The molecule has 0 unspecified atom stereocenters. The average molecular weight is 397 g/mol. The van der Waals surface area contributed by atoms with E-state index in [0.717, 1.165) is 0 Å². The third-order valence-electron chi connectivity index (χ3n) is 4.77. The molecule has 0 aliphatic carbocycles. The standard InChI is InChI=1S/C21H17F2N3O3/c22-15-3-1-13(2-4-15)19-10-17(25-29-19)11-24-21(28)14-9-20(27)26(12-14)18-7-5-16(23)6-8-18/h1-8,10,14H,9,11-12H2,(H,24,28)/t14-/m0/s1. The van der Waals surface area contributed by atoms with Crippen molar-refractivity contribution in [3.8, 4) is 11.3 Å². The maximum atomic E-state index is 13.1. The number of halogens is 2. The van der Waals surface area contributed by atoms with Gasteiger partial charge in [-0.3, -0.25) is 9.59 Å². The van der Waals surface area contributed by atoms with Crippen LogP contribution in [0.15, 0.2) is 59.1 Å². The Bertz CT molecular complexity index is 1030. The molecule has 3 aromatic rings. The van der Waals surface area contributed by atoms with Crippen LogP contribution in [-0.2, 0) is 16.1 Å². The highest BCUT2D eigenvalue weighted by Crippen LogP contribution is 2.26. The van der Waals surface area contributed by atoms with Gasteiger partial charge in [0.2, 0.25) is 11.8 Å². The van der Waals surface area contributed by atoms with E-state index in [1.54, 1.807) is 18.2 Å². The van der Waals surface area contributed by atoms with Gasteiger partial charge in [-0.15, -0.1) is 0 Å². The molecule has 0 saturated carbocycles. The zero-order chi connectivity index (χ0) is 20.4. The third kappa shape index (κ3) is 4.16. The maximum Gasteiger partial charge on any atom is 0.227 e. The topological polar surface area (TPSA) is 75.4 Å². The molecule has 148 valence electrons. The largest absolute Gasteiger partial charge is 0.356 e. The smallest absolute Gasteiger partial charge is 0.227 e. The molecule has 0 bridgehead atoms. The highest BCUT2D eigenvalue weighted by Gasteiger charge is 2.35. The van der Waals surface area contributed by atoms with Gasteiger partial charge < -0.3 is 14.7 Å². The first-order valence-electron chi connectivity index (χ1n) is 9.05. The van der Waals surface area contributed by atoms with E-state index in [-0.39, 0.29) is 43.0 Å². The summed E-state index contributed by atoms with van der Waals surface area (Å²) >= 11 is 0. The zero-order valence-corrected chi connectivity index (χ0v) is 15.3. The van der Waals surface area contributed by atoms with Crippen molar-refractivity contribution < 1.29 is 22.9 Å². The van der Waals surface area contributed by atoms with Crippen molar-refractivity contribution in [3.63, 3.8) is 0 Å². The van der Waals surface area contributed by atoms with Crippen molar-refractivity contribution in [2.24, 2.45) is 5.92 Å². The van der Waals surface area contributed by atoms with Crippen LogP contribution in [0.1, 0.15) is 12.1 Å². The Hall–Kier alpha value is -3.55. The van der Waals surface area contributed by atoms with Gasteiger partial charge in [-0.05, 0) is 48.5 Å². The number of rotatable bonds is 5. The monoisotopic (exact) mass is 397 g/mol. The number of aromatic nitrogens is 1. The lowest BCUT2D eigenvalue weighted by atomic mass is 10.1. The summed E-state index contributed by atoms with van der Waals surface area (Å²) in [5, 5.41) is 6.66. The maximum absolute atomic E-state index is 13.1. The van der Waals surface area contributed by atoms with Gasteiger partial charge in [0.05, 0.1) is 12.5 Å². The van der Waals surface area contributed by atoms with Gasteiger partial charge in [-0.2, -0.15) is 0 Å². The van der Waals surface area contributed by atoms with Crippen molar-refractivity contribution in [2.45, 2.75) is 13.0 Å². The highest BCUT2D eigenvalue weighted by molar-refractivity contribution is 6.00. The van der Waals surface area contributed by atoms with E-state index in [1.807, 2.05) is 0 Å². The molecular weight excluding hydrogens is 380 g/mol. The summed E-state index contributed by atoms with van der Waals surface area (Å²) in [6.07, 6.45) is 0.0862. The molecule has 8 heteroatoms. The van der Waals surface area contributed by atoms with Gasteiger partial charge in [0.25, 0.3) is 0 Å². The van der Waals surface area contributed by atoms with Gasteiger partial charge in [-0.25, -0.2) is 8.78 Å².